The van der Waals surface area contributed by atoms with Crippen LogP contribution in [-0.2, 0) is 4.74 Å². The van der Waals surface area contributed by atoms with Gasteiger partial charge in [0.05, 0.1) is 24.9 Å². The highest BCUT2D eigenvalue weighted by Crippen LogP contribution is 2.29. The summed E-state index contributed by atoms with van der Waals surface area (Å²) in [4.78, 5) is 15.3. The number of morpholine rings is 1. The molecule has 1 aliphatic rings. The summed E-state index contributed by atoms with van der Waals surface area (Å²) < 4.78 is 9.90. The number of hydrogen-bond donors (Lipinski definition) is 0. The van der Waals surface area contributed by atoms with Crippen LogP contribution >= 0.6 is 11.5 Å². The molecule has 0 aliphatic carbocycles. The van der Waals surface area contributed by atoms with Crippen molar-refractivity contribution in [1.29, 1.82) is 0 Å². The number of benzene rings is 1. The number of ether oxygens (including phenoxy) is 1. The van der Waals surface area contributed by atoms with Gasteiger partial charge in [0.15, 0.2) is 0 Å². The van der Waals surface area contributed by atoms with Gasteiger partial charge in [-0.25, -0.2) is 0 Å². The molecule has 2 heterocycles. The monoisotopic (exact) mass is 331 g/mol. The zero-order valence-electron chi connectivity index (χ0n) is 13.9. The van der Waals surface area contributed by atoms with Gasteiger partial charge in [-0.05, 0) is 50.4 Å². The summed E-state index contributed by atoms with van der Waals surface area (Å²) in [5.41, 5.74) is 4.25. The quantitative estimate of drug-likeness (QED) is 0.849. The van der Waals surface area contributed by atoms with E-state index in [-0.39, 0.29) is 18.1 Å². The Hall–Kier alpha value is -1.79. The van der Waals surface area contributed by atoms with Crippen molar-refractivity contribution in [3.05, 3.63) is 45.5 Å². The Morgan fingerprint density at radius 3 is 2.83 bits per heavy atom. The van der Waals surface area contributed by atoms with Crippen LogP contribution in [0, 0.1) is 20.8 Å². The highest BCUT2D eigenvalue weighted by molar-refractivity contribution is 7.07. The van der Waals surface area contributed by atoms with Gasteiger partial charge >= 0.3 is 0 Å². The van der Waals surface area contributed by atoms with Crippen LogP contribution in [0.15, 0.2) is 18.2 Å². The topological polar surface area (TPSA) is 55.3 Å². The summed E-state index contributed by atoms with van der Waals surface area (Å²) in [6, 6.07) is 6.40. The number of nitrogens with zero attached hydrogens (tertiary/aromatic N) is 3. The zero-order chi connectivity index (χ0) is 16.6. The Balaban J connectivity index is 1.86. The molecule has 1 aromatic heterocycles. The van der Waals surface area contributed by atoms with Gasteiger partial charge in [-0.15, -0.1) is 5.10 Å². The zero-order valence-corrected chi connectivity index (χ0v) is 14.7. The predicted molar refractivity (Wildman–Crippen MR) is 89.8 cm³/mol. The van der Waals surface area contributed by atoms with Gasteiger partial charge in [0, 0.05) is 0 Å². The molecule has 1 aromatic carbocycles. The van der Waals surface area contributed by atoms with Crippen molar-refractivity contribution in [1.82, 2.24) is 14.5 Å². The van der Waals surface area contributed by atoms with Gasteiger partial charge in [0.1, 0.15) is 11.0 Å². The number of carbonyl (C=O) groups is 1. The molecule has 5 nitrogen and oxygen atoms in total. The number of amides is 1. The van der Waals surface area contributed by atoms with Crippen molar-refractivity contribution in [2.45, 2.75) is 39.8 Å². The molecule has 2 atom stereocenters. The van der Waals surface area contributed by atoms with Gasteiger partial charge in [-0.3, -0.25) is 4.79 Å². The third-order valence-corrected chi connectivity index (χ3v) is 5.14. The van der Waals surface area contributed by atoms with Crippen LogP contribution in [0.25, 0.3) is 0 Å². The van der Waals surface area contributed by atoms with Crippen molar-refractivity contribution in [3.8, 4) is 0 Å². The lowest BCUT2D eigenvalue weighted by atomic mass is 9.98. The largest absolute Gasteiger partial charge is 0.370 e. The first-order valence-electron chi connectivity index (χ1n) is 7.76. The van der Waals surface area contributed by atoms with E-state index in [9.17, 15) is 4.79 Å². The molecule has 0 spiro atoms. The molecule has 1 aliphatic heterocycles. The average Bonchev–Trinajstić information content (AvgIpc) is 2.96. The molecule has 6 heteroatoms. The van der Waals surface area contributed by atoms with Crippen molar-refractivity contribution in [2.75, 3.05) is 13.2 Å². The maximum atomic E-state index is 12.8. The molecule has 23 heavy (non-hydrogen) atoms. The van der Waals surface area contributed by atoms with E-state index in [0.717, 1.165) is 17.1 Å². The number of rotatable bonds is 2. The fourth-order valence-corrected chi connectivity index (χ4v) is 3.51. The fraction of sp³-hybridized carbons (Fsp3) is 0.471. The van der Waals surface area contributed by atoms with E-state index < -0.39 is 0 Å². The second-order valence-corrected chi connectivity index (χ2v) is 6.93. The van der Waals surface area contributed by atoms with Crippen molar-refractivity contribution in [2.24, 2.45) is 0 Å². The van der Waals surface area contributed by atoms with E-state index in [1.165, 1.54) is 11.1 Å². The van der Waals surface area contributed by atoms with Crippen LogP contribution in [0.5, 0.6) is 0 Å². The molecular formula is C17H21N3O2S. The Labute approximate surface area is 140 Å². The van der Waals surface area contributed by atoms with Crippen molar-refractivity contribution < 1.29 is 9.53 Å². The molecule has 3 rings (SSSR count). The third-order valence-electron chi connectivity index (χ3n) is 4.32. The molecule has 0 unspecified atom stereocenters. The maximum absolute atomic E-state index is 12.8. The van der Waals surface area contributed by atoms with E-state index in [4.69, 9.17) is 4.74 Å². The standard InChI is InChI=1S/C17H21N3O2S/c1-10-5-6-11(2)14(7-10)15-8-20(12(3)9-22-15)17(21)16-13(4)18-19-23-16/h5-7,12,15H,8-9H2,1-4H3/t12-,15+/m0/s1. The summed E-state index contributed by atoms with van der Waals surface area (Å²) >= 11 is 1.16. The molecule has 0 N–H and O–H groups in total. The lowest BCUT2D eigenvalue weighted by Gasteiger charge is -2.38. The minimum Gasteiger partial charge on any atom is -0.370 e. The van der Waals surface area contributed by atoms with E-state index in [1.807, 2.05) is 18.7 Å². The first-order chi connectivity index (χ1) is 11.0. The van der Waals surface area contributed by atoms with Crippen molar-refractivity contribution in [3.63, 3.8) is 0 Å². The molecule has 0 saturated carbocycles. The van der Waals surface area contributed by atoms with Gasteiger partial charge < -0.3 is 9.64 Å². The summed E-state index contributed by atoms with van der Waals surface area (Å²) in [6.07, 6.45) is -0.0868. The van der Waals surface area contributed by atoms with E-state index in [1.54, 1.807) is 0 Å². The molecule has 2 aromatic rings. The highest BCUT2D eigenvalue weighted by Gasteiger charge is 2.33. The highest BCUT2D eigenvalue weighted by atomic mass is 32.1. The average molecular weight is 331 g/mol. The third kappa shape index (κ3) is 3.14. The lowest BCUT2D eigenvalue weighted by molar-refractivity contribution is -0.0488. The van der Waals surface area contributed by atoms with E-state index in [0.29, 0.717) is 23.7 Å². The summed E-state index contributed by atoms with van der Waals surface area (Å²) in [5, 5.41) is 3.95. The van der Waals surface area contributed by atoms with Gasteiger partial charge in [0.2, 0.25) is 0 Å². The second-order valence-electron chi connectivity index (χ2n) is 6.18. The molecule has 122 valence electrons. The van der Waals surface area contributed by atoms with Crippen LogP contribution < -0.4 is 0 Å². The number of carbonyl (C=O) groups excluding carboxylic acids is 1. The molecule has 1 amide bonds. The number of aryl methyl sites for hydroxylation is 3. The van der Waals surface area contributed by atoms with Gasteiger partial charge in [-0.1, -0.05) is 28.3 Å². The Morgan fingerprint density at radius 1 is 1.35 bits per heavy atom. The van der Waals surface area contributed by atoms with E-state index in [2.05, 4.69) is 41.6 Å². The summed E-state index contributed by atoms with van der Waals surface area (Å²) in [6.45, 7) is 9.09. The normalized spacial score (nSPS) is 21.5. The Kier molecular flexibility index (Phi) is 4.46. The van der Waals surface area contributed by atoms with E-state index >= 15 is 0 Å². The first kappa shape index (κ1) is 16.1. The minimum absolute atomic E-state index is 0.00334. The molecule has 0 radical (unpaired) electrons. The summed E-state index contributed by atoms with van der Waals surface area (Å²) in [7, 11) is 0. The number of aromatic nitrogens is 2. The van der Waals surface area contributed by atoms with Gasteiger partial charge in [-0.2, -0.15) is 0 Å². The van der Waals surface area contributed by atoms with Crippen LogP contribution in [0.3, 0.4) is 0 Å². The van der Waals surface area contributed by atoms with Crippen LogP contribution in [0.2, 0.25) is 0 Å². The summed E-state index contributed by atoms with van der Waals surface area (Å²) in [5.74, 6) is 0.00334. The minimum atomic E-state index is -0.0868. The maximum Gasteiger partial charge on any atom is 0.267 e. The predicted octanol–water partition coefficient (Wildman–Crippen LogP) is 3.07. The van der Waals surface area contributed by atoms with Crippen LogP contribution in [-0.4, -0.2) is 39.6 Å². The molecule has 1 saturated heterocycles. The molecule has 0 bridgehead atoms. The lowest BCUT2D eigenvalue weighted by Crippen LogP contribution is -2.48. The second kappa shape index (κ2) is 6.37. The van der Waals surface area contributed by atoms with Crippen LogP contribution in [0.4, 0.5) is 0 Å². The first-order valence-corrected chi connectivity index (χ1v) is 8.53. The molecule has 1 fully saturated rings. The SMILES string of the molecule is Cc1ccc(C)c([C@H]2CN(C(=O)c3snnc3C)[C@@H](C)CO2)c1. The Morgan fingerprint density at radius 2 is 2.13 bits per heavy atom. The van der Waals surface area contributed by atoms with Gasteiger partial charge in [0.25, 0.3) is 5.91 Å². The fourth-order valence-electron chi connectivity index (χ4n) is 2.89. The Bertz CT molecular complexity index is 728. The molecular weight excluding hydrogens is 310 g/mol. The smallest absolute Gasteiger partial charge is 0.267 e. The van der Waals surface area contributed by atoms with Crippen molar-refractivity contribution >= 4 is 17.4 Å². The van der Waals surface area contributed by atoms with Crippen LogP contribution in [0.1, 0.15) is 45.1 Å². The number of hydrogen-bond acceptors (Lipinski definition) is 5.